The average Bonchev–Trinajstić information content (AvgIpc) is 1.86. The minimum absolute atomic E-state index is 0.325. The van der Waals surface area contributed by atoms with E-state index >= 15 is 0 Å². The van der Waals surface area contributed by atoms with E-state index in [1.54, 1.807) is 6.92 Å². The van der Waals surface area contributed by atoms with Crippen LogP contribution >= 0.6 is 23.5 Å². The zero-order valence-electron chi connectivity index (χ0n) is 6.67. The molecule has 0 aromatic rings. The molecule has 68 valence electrons. The van der Waals surface area contributed by atoms with Gasteiger partial charge in [0.1, 0.15) is 0 Å². The smallest absolute Gasteiger partial charge is 0.0529 e. The maximum absolute atomic E-state index is 10.7. The maximum Gasteiger partial charge on any atom is 0.0529 e. The molecule has 0 fully saturated rings. The van der Waals surface area contributed by atoms with Crippen LogP contribution in [0.1, 0.15) is 33.1 Å². The Labute approximate surface area is 75.5 Å². The molecule has 0 aliphatic heterocycles. The minimum Gasteiger partial charge on any atom is -0.810 e. The Morgan fingerprint density at radius 2 is 1.91 bits per heavy atom. The summed E-state index contributed by atoms with van der Waals surface area (Å²) in [5, 5.41) is 0. The van der Waals surface area contributed by atoms with Crippen LogP contribution in [0.25, 0.3) is 0 Å². The quantitative estimate of drug-likeness (QED) is 0.550. The first-order valence-corrected chi connectivity index (χ1v) is 5.92. The second-order valence-corrected chi connectivity index (χ2v) is 6.50. The number of hydrogen-bond acceptors (Lipinski definition) is 3. The van der Waals surface area contributed by atoms with E-state index in [0.717, 1.165) is 0 Å². The lowest BCUT2D eigenvalue weighted by molar-refractivity contribution is -0.317. The molecule has 0 aliphatic carbocycles. The van der Waals surface area contributed by atoms with Crippen molar-refractivity contribution in [2.45, 2.75) is 37.2 Å². The highest BCUT2D eigenvalue weighted by Crippen LogP contribution is 2.52. The molecule has 0 N–H and O–H groups in total. The Bertz CT molecular complexity index is 167. The molecule has 0 heterocycles. The molecule has 1 atom stereocenters. The fourth-order valence-electron chi connectivity index (χ4n) is 0.890. The average molecular weight is 243 g/mol. The summed E-state index contributed by atoms with van der Waals surface area (Å²) in [4.78, 5) is 21.4. The van der Waals surface area contributed by atoms with Gasteiger partial charge in [-0.05, 0) is 12.8 Å². The van der Waals surface area contributed by atoms with Gasteiger partial charge in [-0.15, -0.1) is 0 Å². The van der Waals surface area contributed by atoms with Gasteiger partial charge < -0.3 is 14.4 Å². The van der Waals surface area contributed by atoms with Gasteiger partial charge in [0, 0.05) is 0 Å². The van der Waals surface area contributed by atoms with Crippen LogP contribution in [-0.4, -0.2) is 4.07 Å². The van der Waals surface area contributed by atoms with E-state index in [4.69, 9.17) is 0 Å². The highest BCUT2D eigenvalue weighted by atomic mass is 79.9. The predicted octanol–water partition coefficient (Wildman–Crippen LogP) is 1.20. The fraction of sp³-hybridized carbons (Fsp3) is 1.00. The van der Waals surface area contributed by atoms with Crippen molar-refractivity contribution in [3.05, 3.63) is 0 Å². The number of hydrogen-bond donors (Lipinski definition) is 0. The molecule has 0 saturated carbocycles. The molecule has 0 bridgehead atoms. The first-order chi connectivity index (χ1) is 4.87. The Hall–Kier alpha value is 0.630. The van der Waals surface area contributed by atoms with Crippen LogP contribution < -0.4 is 9.79 Å². The molecule has 0 spiro atoms. The number of halogens is 1. The summed E-state index contributed by atoms with van der Waals surface area (Å²) in [6, 6.07) is 0. The Morgan fingerprint density at radius 1 is 1.45 bits per heavy atom. The van der Waals surface area contributed by atoms with Gasteiger partial charge in [-0.2, -0.15) is 0 Å². The Morgan fingerprint density at radius 3 is 2.00 bits per heavy atom. The van der Waals surface area contributed by atoms with Gasteiger partial charge in [0.05, 0.1) is 4.07 Å². The summed E-state index contributed by atoms with van der Waals surface area (Å²) in [6.07, 6.45) is 1.40. The van der Waals surface area contributed by atoms with Crippen LogP contribution in [-0.2, 0) is 4.57 Å². The van der Waals surface area contributed by atoms with Crippen molar-refractivity contribution in [1.29, 1.82) is 0 Å². The summed E-state index contributed by atoms with van der Waals surface area (Å²) in [7, 11) is -4.49. The van der Waals surface area contributed by atoms with E-state index in [0.29, 0.717) is 19.3 Å². The molecule has 11 heavy (non-hydrogen) atoms. The molecular formula is C6H12BrO3P-2. The SMILES string of the molecule is CCCC(Br)(CC)P(=O)([O-])[O-]. The molecule has 0 aromatic carbocycles. The lowest BCUT2D eigenvalue weighted by Gasteiger charge is -2.45. The van der Waals surface area contributed by atoms with Crippen molar-refractivity contribution >= 4 is 23.5 Å². The first-order valence-electron chi connectivity index (χ1n) is 3.58. The number of rotatable bonds is 4. The standard InChI is InChI=1S/C6H14BrO3P/c1-3-5-6(7,4-2)11(8,9)10/h3-5H2,1-2H3,(H2,8,9,10)/p-2. The second-order valence-electron chi connectivity index (χ2n) is 2.52. The van der Waals surface area contributed by atoms with E-state index in [2.05, 4.69) is 15.9 Å². The highest BCUT2D eigenvalue weighted by Gasteiger charge is 2.27. The van der Waals surface area contributed by atoms with Gasteiger partial charge in [-0.1, -0.05) is 43.8 Å². The monoisotopic (exact) mass is 242 g/mol. The molecule has 5 heteroatoms. The summed E-state index contributed by atoms with van der Waals surface area (Å²) >= 11 is 2.98. The molecular weight excluding hydrogens is 231 g/mol. The molecule has 0 rings (SSSR count). The molecule has 3 nitrogen and oxygen atoms in total. The first kappa shape index (κ1) is 11.6. The van der Waals surface area contributed by atoms with Gasteiger partial charge in [0.25, 0.3) is 0 Å². The van der Waals surface area contributed by atoms with Crippen molar-refractivity contribution in [2.24, 2.45) is 0 Å². The maximum atomic E-state index is 10.7. The van der Waals surface area contributed by atoms with Crippen molar-refractivity contribution in [1.82, 2.24) is 0 Å². The van der Waals surface area contributed by atoms with E-state index < -0.39 is 11.7 Å². The largest absolute Gasteiger partial charge is 0.810 e. The molecule has 0 aliphatic rings. The van der Waals surface area contributed by atoms with E-state index in [9.17, 15) is 14.4 Å². The summed E-state index contributed by atoms with van der Waals surface area (Å²) in [5.41, 5.74) is 0. The van der Waals surface area contributed by atoms with Crippen LogP contribution in [0.5, 0.6) is 0 Å². The van der Waals surface area contributed by atoms with Gasteiger partial charge in [0.15, 0.2) is 0 Å². The molecule has 0 saturated heterocycles. The lowest BCUT2D eigenvalue weighted by atomic mass is 10.2. The number of alkyl halides is 1. The van der Waals surface area contributed by atoms with Gasteiger partial charge in [-0.25, -0.2) is 0 Å². The van der Waals surface area contributed by atoms with Crippen molar-refractivity contribution in [3.8, 4) is 0 Å². The van der Waals surface area contributed by atoms with Crippen LogP contribution in [0.15, 0.2) is 0 Å². The normalized spacial score (nSPS) is 17.9. The summed E-state index contributed by atoms with van der Waals surface area (Å²) in [6.45, 7) is 3.54. The van der Waals surface area contributed by atoms with Gasteiger partial charge in [0.2, 0.25) is 0 Å². The molecule has 0 radical (unpaired) electrons. The zero-order chi connectivity index (χ0) is 9.12. The summed E-state index contributed by atoms with van der Waals surface area (Å²) < 4.78 is 9.49. The highest BCUT2D eigenvalue weighted by molar-refractivity contribution is 9.11. The van der Waals surface area contributed by atoms with E-state index in [1.807, 2.05) is 6.92 Å². The molecule has 1 unspecified atom stereocenters. The predicted molar refractivity (Wildman–Crippen MR) is 44.5 cm³/mol. The van der Waals surface area contributed by atoms with E-state index in [-0.39, 0.29) is 0 Å². The van der Waals surface area contributed by atoms with Crippen LogP contribution in [0.3, 0.4) is 0 Å². The third-order valence-electron chi connectivity index (χ3n) is 1.67. The van der Waals surface area contributed by atoms with E-state index in [1.165, 1.54) is 0 Å². The minimum atomic E-state index is -4.49. The van der Waals surface area contributed by atoms with Crippen molar-refractivity contribution in [3.63, 3.8) is 0 Å². The summed E-state index contributed by atoms with van der Waals surface area (Å²) in [5.74, 6) is 0. The lowest BCUT2D eigenvalue weighted by Crippen LogP contribution is -2.33. The second kappa shape index (κ2) is 4.04. The van der Waals surface area contributed by atoms with Crippen LogP contribution in [0.2, 0.25) is 0 Å². The Kier molecular flexibility index (Phi) is 4.27. The van der Waals surface area contributed by atoms with Crippen LogP contribution in [0.4, 0.5) is 0 Å². The van der Waals surface area contributed by atoms with Crippen molar-refractivity contribution in [2.75, 3.05) is 0 Å². The van der Waals surface area contributed by atoms with Crippen LogP contribution in [0, 0.1) is 0 Å². The van der Waals surface area contributed by atoms with Gasteiger partial charge in [-0.3, -0.25) is 0 Å². The Balaban J connectivity index is 4.47. The third-order valence-corrected chi connectivity index (χ3v) is 5.45. The third kappa shape index (κ3) is 2.86. The molecule has 0 aromatic heterocycles. The van der Waals surface area contributed by atoms with Crippen molar-refractivity contribution < 1.29 is 14.4 Å². The zero-order valence-corrected chi connectivity index (χ0v) is 9.15. The molecule has 0 amide bonds. The van der Waals surface area contributed by atoms with Gasteiger partial charge >= 0.3 is 0 Å². The fourth-order valence-corrected chi connectivity index (χ4v) is 2.17. The topological polar surface area (TPSA) is 63.2 Å².